The zero-order chi connectivity index (χ0) is 11.5. The van der Waals surface area contributed by atoms with Crippen molar-refractivity contribution in [1.29, 1.82) is 0 Å². The van der Waals surface area contributed by atoms with Crippen molar-refractivity contribution in [2.75, 3.05) is 7.11 Å². The second-order valence-corrected chi connectivity index (χ2v) is 3.50. The molecule has 16 heavy (non-hydrogen) atoms. The minimum absolute atomic E-state index is 0.377. The van der Waals surface area contributed by atoms with Crippen molar-refractivity contribution < 1.29 is 9.53 Å². The van der Waals surface area contributed by atoms with Crippen LogP contribution in [0.4, 0.5) is 0 Å². The molecule has 2 rings (SSSR count). The summed E-state index contributed by atoms with van der Waals surface area (Å²) in [4.78, 5) is 11.2. The van der Waals surface area contributed by atoms with Gasteiger partial charge in [0.05, 0.1) is 24.6 Å². The van der Waals surface area contributed by atoms with Gasteiger partial charge < -0.3 is 4.74 Å². The first-order chi connectivity index (χ1) is 7.70. The number of aryl methyl sites for hydroxylation is 1. The summed E-state index contributed by atoms with van der Waals surface area (Å²) in [6.07, 6.45) is 3.14. The van der Waals surface area contributed by atoms with Crippen molar-refractivity contribution in [3.8, 4) is 5.69 Å². The maximum atomic E-state index is 11.2. The normalized spacial score (nSPS) is 10.1. The smallest absolute Gasteiger partial charge is 0.341 e. The van der Waals surface area contributed by atoms with Crippen molar-refractivity contribution in [3.63, 3.8) is 0 Å². The number of hydrogen-bond acceptors (Lipinski definition) is 3. The van der Waals surface area contributed by atoms with E-state index in [1.165, 1.54) is 18.9 Å². The molecule has 1 heterocycles. The number of benzene rings is 1. The maximum Gasteiger partial charge on any atom is 0.341 e. The van der Waals surface area contributed by atoms with Crippen LogP contribution < -0.4 is 0 Å². The number of carbonyl (C=O) groups excluding carboxylic acids is 1. The summed E-state index contributed by atoms with van der Waals surface area (Å²) >= 11 is 0. The standard InChI is InChI=1S/C12H12N2O2/c1-9-3-5-11(6-4-9)14-8-10(7-13-14)12(15)16-2/h3-8H,1-2H3. The minimum Gasteiger partial charge on any atom is -0.465 e. The zero-order valence-corrected chi connectivity index (χ0v) is 9.18. The van der Waals surface area contributed by atoms with Crippen LogP contribution in [0.5, 0.6) is 0 Å². The molecule has 0 unspecified atom stereocenters. The van der Waals surface area contributed by atoms with Gasteiger partial charge in [0.1, 0.15) is 0 Å². The Morgan fingerprint density at radius 3 is 2.62 bits per heavy atom. The average molecular weight is 216 g/mol. The lowest BCUT2D eigenvalue weighted by molar-refractivity contribution is 0.0600. The van der Waals surface area contributed by atoms with Gasteiger partial charge in [-0.25, -0.2) is 9.48 Å². The molecule has 0 N–H and O–H groups in total. The van der Waals surface area contributed by atoms with Gasteiger partial charge >= 0.3 is 5.97 Å². The molecule has 0 amide bonds. The molecule has 0 spiro atoms. The van der Waals surface area contributed by atoms with E-state index in [1.807, 2.05) is 31.2 Å². The van der Waals surface area contributed by atoms with Crippen LogP contribution in [0.3, 0.4) is 0 Å². The third kappa shape index (κ3) is 1.95. The number of methoxy groups -OCH3 is 1. The van der Waals surface area contributed by atoms with E-state index in [0.29, 0.717) is 5.56 Å². The van der Waals surface area contributed by atoms with Crippen molar-refractivity contribution in [3.05, 3.63) is 47.8 Å². The Hall–Kier alpha value is -2.10. The highest BCUT2D eigenvalue weighted by Crippen LogP contribution is 2.10. The van der Waals surface area contributed by atoms with Crippen LogP contribution in [-0.4, -0.2) is 22.9 Å². The summed E-state index contributed by atoms with van der Waals surface area (Å²) in [7, 11) is 1.35. The fourth-order valence-corrected chi connectivity index (χ4v) is 1.38. The van der Waals surface area contributed by atoms with E-state index >= 15 is 0 Å². The largest absolute Gasteiger partial charge is 0.465 e. The van der Waals surface area contributed by atoms with Crippen LogP contribution >= 0.6 is 0 Å². The first-order valence-corrected chi connectivity index (χ1v) is 4.91. The zero-order valence-electron chi connectivity index (χ0n) is 9.18. The van der Waals surface area contributed by atoms with Crippen LogP contribution in [0.15, 0.2) is 36.7 Å². The molecule has 0 saturated carbocycles. The molecule has 1 aromatic carbocycles. The molecule has 0 bridgehead atoms. The summed E-state index contributed by atoms with van der Waals surface area (Å²) < 4.78 is 6.26. The Bertz CT molecular complexity index is 500. The molecule has 0 saturated heterocycles. The fraction of sp³-hybridized carbons (Fsp3) is 0.167. The summed E-state index contributed by atoms with van der Waals surface area (Å²) in [5, 5.41) is 4.10. The summed E-state index contributed by atoms with van der Waals surface area (Å²) in [5.41, 5.74) is 2.55. The molecular formula is C12H12N2O2. The Morgan fingerprint density at radius 2 is 2.00 bits per heavy atom. The van der Waals surface area contributed by atoms with E-state index in [-0.39, 0.29) is 5.97 Å². The van der Waals surface area contributed by atoms with Gasteiger partial charge in [-0.05, 0) is 19.1 Å². The first-order valence-electron chi connectivity index (χ1n) is 4.91. The van der Waals surface area contributed by atoms with Gasteiger partial charge in [-0.3, -0.25) is 0 Å². The van der Waals surface area contributed by atoms with Crippen molar-refractivity contribution in [2.24, 2.45) is 0 Å². The molecule has 0 aliphatic rings. The molecule has 0 radical (unpaired) electrons. The molecule has 82 valence electrons. The Kier molecular flexibility index (Phi) is 2.72. The van der Waals surface area contributed by atoms with E-state index in [9.17, 15) is 4.79 Å². The number of aromatic nitrogens is 2. The van der Waals surface area contributed by atoms with Gasteiger partial charge in [0, 0.05) is 6.20 Å². The third-order valence-electron chi connectivity index (χ3n) is 2.30. The second kappa shape index (κ2) is 4.18. The molecule has 2 aromatic rings. The van der Waals surface area contributed by atoms with Crippen LogP contribution in [0.1, 0.15) is 15.9 Å². The van der Waals surface area contributed by atoms with Gasteiger partial charge in [-0.2, -0.15) is 5.10 Å². The van der Waals surface area contributed by atoms with Crippen LogP contribution in [-0.2, 0) is 4.74 Å². The highest BCUT2D eigenvalue weighted by Gasteiger charge is 2.08. The van der Waals surface area contributed by atoms with Gasteiger partial charge in [-0.1, -0.05) is 17.7 Å². The molecule has 4 nitrogen and oxygen atoms in total. The number of nitrogens with zero attached hydrogens (tertiary/aromatic N) is 2. The second-order valence-electron chi connectivity index (χ2n) is 3.50. The minimum atomic E-state index is -0.377. The van der Waals surface area contributed by atoms with Crippen molar-refractivity contribution >= 4 is 5.97 Å². The number of rotatable bonds is 2. The predicted molar refractivity (Wildman–Crippen MR) is 59.6 cm³/mol. The Balaban J connectivity index is 2.31. The van der Waals surface area contributed by atoms with Crippen molar-refractivity contribution in [1.82, 2.24) is 9.78 Å². The summed E-state index contributed by atoms with van der Waals surface area (Å²) in [5.74, 6) is -0.377. The van der Waals surface area contributed by atoms with E-state index in [1.54, 1.807) is 10.9 Å². The van der Waals surface area contributed by atoms with Gasteiger partial charge in [0.15, 0.2) is 0 Å². The maximum absolute atomic E-state index is 11.2. The SMILES string of the molecule is COC(=O)c1cnn(-c2ccc(C)cc2)c1. The Labute approximate surface area is 93.5 Å². The molecule has 0 atom stereocenters. The number of ether oxygens (including phenoxy) is 1. The summed E-state index contributed by atoms with van der Waals surface area (Å²) in [6.45, 7) is 2.02. The number of esters is 1. The molecule has 1 aromatic heterocycles. The lowest BCUT2D eigenvalue weighted by Crippen LogP contribution is -1.99. The van der Waals surface area contributed by atoms with Crippen LogP contribution in [0.2, 0.25) is 0 Å². The van der Waals surface area contributed by atoms with Crippen LogP contribution in [0, 0.1) is 6.92 Å². The quantitative estimate of drug-likeness (QED) is 0.721. The summed E-state index contributed by atoms with van der Waals surface area (Å²) in [6, 6.07) is 7.89. The molecule has 0 aliphatic heterocycles. The fourth-order valence-electron chi connectivity index (χ4n) is 1.38. The highest BCUT2D eigenvalue weighted by molar-refractivity contribution is 5.88. The predicted octanol–water partition coefficient (Wildman–Crippen LogP) is 1.97. The van der Waals surface area contributed by atoms with Crippen LogP contribution in [0.25, 0.3) is 5.69 Å². The molecule has 0 aliphatic carbocycles. The Morgan fingerprint density at radius 1 is 1.31 bits per heavy atom. The number of hydrogen-bond donors (Lipinski definition) is 0. The van der Waals surface area contributed by atoms with Gasteiger partial charge in [0.25, 0.3) is 0 Å². The molecular weight excluding hydrogens is 204 g/mol. The van der Waals surface area contributed by atoms with Gasteiger partial charge in [0.2, 0.25) is 0 Å². The lowest BCUT2D eigenvalue weighted by atomic mass is 10.2. The topological polar surface area (TPSA) is 44.1 Å². The third-order valence-corrected chi connectivity index (χ3v) is 2.30. The van der Waals surface area contributed by atoms with E-state index < -0.39 is 0 Å². The number of carbonyl (C=O) groups is 1. The average Bonchev–Trinajstić information content (AvgIpc) is 2.78. The van der Waals surface area contributed by atoms with E-state index in [4.69, 9.17) is 0 Å². The monoisotopic (exact) mass is 216 g/mol. The lowest BCUT2D eigenvalue weighted by Gasteiger charge is -2.00. The molecule has 4 heteroatoms. The first kappa shape index (κ1) is 10.4. The van der Waals surface area contributed by atoms with Crippen molar-refractivity contribution in [2.45, 2.75) is 6.92 Å². The van der Waals surface area contributed by atoms with E-state index in [2.05, 4.69) is 9.84 Å². The highest BCUT2D eigenvalue weighted by atomic mass is 16.5. The van der Waals surface area contributed by atoms with E-state index in [0.717, 1.165) is 5.69 Å². The molecule has 0 fully saturated rings. The van der Waals surface area contributed by atoms with Gasteiger partial charge in [-0.15, -0.1) is 0 Å².